The van der Waals surface area contributed by atoms with Crippen LogP contribution in [0.4, 0.5) is 0 Å². The first-order valence-electron chi connectivity index (χ1n) is 10.7. The normalized spacial score (nSPS) is 17.4. The lowest BCUT2D eigenvalue weighted by molar-refractivity contribution is 0.169. The highest BCUT2D eigenvalue weighted by atomic mass is 127. The quantitative estimate of drug-likeness (QED) is 0.355. The zero-order valence-corrected chi connectivity index (χ0v) is 20.0. The fourth-order valence-corrected chi connectivity index (χ4v) is 4.31. The van der Waals surface area contributed by atoms with Crippen molar-refractivity contribution in [2.75, 3.05) is 32.7 Å². The molecule has 2 heterocycles. The number of hydrogen-bond acceptors (Lipinski definition) is 5. The summed E-state index contributed by atoms with van der Waals surface area (Å²) in [6.07, 6.45) is 6.22. The second-order valence-corrected chi connectivity index (χ2v) is 7.83. The summed E-state index contributed by atoms with van der Waals surface area (Å²) in [6.45, 7) is 8.03. The van der Waals surface area contributed by atoms with Crippen molar-refractivity contribution < 1.29 is 9.63 Å². The molecule has 1 aromatic heterocycles. The third-order valence-corrected chi connectivity index (χ3v) is 5.90. The standard InChI is InChI=1S/C22H31N5O2.HI/c1-2-23-22(27-12-10-26(11-13-27)16-18-9-14-29-25-18)24-15-20-19-6-4-3-5-17(19)7-8-21(20)28;/h7-9,14,28H,2-6,10-13,15-16H2,1H3,(H,23,24);1H. The van der Waals surface area contributed by atoms with Gasteiger partial charge in [-0.15, -0.1) is 24.0 Å². The summed E-state index contributed by atoms with van der Waals surface area (Å²) in [5.41, 5.74) is 4.67. The van der Waals surface area contributed by atoms with E-state index in [0.717, 1.165) is 69.3 Å². The number of nitrogens with zero attached hydrogens (tertiary/aromatic N) is 4. The Morgan fingerprint density at radius 1 is 1.17 bits per heavy atom. The van der Waals surface area contributed by atoms with E-state index in [9.17, 15) is 5.11 Å². The number of phenols is 1. The van der Waals surface area contributed by atoms with E-state index in [4.69, 9.17) is 9.52 Å². The van der Waals surface area contributed by atoms with Gasteiger partial charge in [-0.05, 0) is 49.8 Å². The number of halogens is 1. The maximum absolute atomic E-state index is 10.5. The van der Waals surface area contributed by atoms with E-state index in [1.165, 1.54) is 24.0 Å². The van der Waals surface area contributed by atoms with E-state index in [0.29, 0.717) is 12.3 Å². The topological polar surface area (TPSA) is 77.1 Å². The summed E-state index contributed by atoms with van der Waals surface area (Å²) < 4.78 is 4.93. The second kappa shape index (κ2) is 11.0. The zero-order chi connectivity index (χ0) is 20.1. The molecule has 0 saturated carbocycles. The number of rotatable bonds is 5. The van der Waals surface area contributed by atoms with Gasteiger partial charge in [-0.2, -0.15) is 0 Å². The van der Waals surface area contributed by atoms with Crippen LogP contribution in [0.2, 0.25) is 0 Å². The average Bonchev–Trinajstić information content (AvgIpc) is 3.26. The number of benzene rings is 1. The van der Waals surface area contributed by atoms with Crippen molar-refractivity contribution in [2.45, 2.75) is 45.7 Å². The minimum absolute atomic E-state index is 0. The number of aromatic hydroxyl groups is 1. The zero-order valence-electron chi connectivity index (χ0n) is 17.6. The summed E-state index contributed by atoms with van der Waals surface area (Å²) in [6, 6.07) is 5.84. The van der Waals surface area contributed by atoms with Gasteiger partial charge in [0.2, 0.25) is 0 Å². The number of aryl methyl sites for hydroxylation is 1. The maximum atomic E-state index is 10.5. The fraction of sp³-hybridized carbons (Fsp3) is 0.545. The molecule has 0 spiro atoms. The third-order valence-electron chi connectivity index (χ3n) is 5.90. The Kier molecular flexibility index (Phi) is 8.38. The average molecular weight is 525 g/mol. The van der Waals surface area contributed by atoms with Crippen molar-refractivity contribution in [3.05, 3.63) is 46.8 Å². The number of guanidine groups is 1. The van der Waals surface area contributed by atoms with Crippen LogP contribution < -0.4 is 5.32 Å². The molecule has 1 fully saturated rings. The summed E-state index contributed by atoms with van der Waals surface area (Å²) in [4.78, 5) is 9.60. The molecule has 0 amide bonds. The van der Waals surface area contributed by atoms with Crippen LogP contribution >= 0.6 is 24.0 Å². The molecule has 1 aliphatic heterocycles. The monoisotopic (exact) mass is 525 g/mol. The first-order chi connectivity index (χ1) is 14.2. The highest BCUT2D eigenvalue weighted by Gasteiger charge is 2.21. The van der Waals surface area contributed by atoms with Gasteiger partial charge < -0.3 is 19.8 Å². The Morgan fingerprint density at radius 2 is 1.97 bits per heavy atom. The first kappa shape index (κ1) is 22.9. The molecule has 8 heteroatoms. The number of aromatic nitrogens is 1. The predicted molar refractivity (Wildman–Crippen MR) is 128 cm³/mol. The molecule has 4 rings (SSSR count). The summed E-state index contributed by atoms with van der Waals surface area (Å²) in [7, 11) is 0. The van der Waals surface area contributed by atoms with Gasteiger partial charge in [0, 0.05) is 50.9 Å². The van der Waals surface area contributed by atoms with Crippen molar-refractivity contribution in [1.29, 1.82) is 0 Å². The third kappa shape index (κ3) is 5.46. The smallest absolute Gasteiger partial charge is 0.194 e. The van der Waals surface area contributed by atoms with Crippen LogP contribution in [-0.4, -0.2) is 58.7 Å². The second-order valence-electron chi connectivity index (χ2n) is 7.83. The maximum Gasteiger partial charge on any atom is 0.194 e. The van der Waals surface area contributed by atoms with Crippen molar-refractivity contribution in [2.24, 2.45) is 4.99 Å². The number of nitrogens with one attached hydrogen (secondary N) is 1. The van der Waals surface area contributed by atoms with Gasteiger partial charge >= 0.3 is 0 Å². The number of phenolic OH excluding ortho intramolecular Hbond substituents is 1. The Hall–Kier alpha value is -1.81. The van der Waals surface area contributed by atoms with Crippen LogP contribution in [0, 0.1) is 0 Å². The molecule has 2 N–H and O–H groups in total. The summed E-state index contributed by atoms with van der Waals surface area (Å²) >= 11 is 0. The van der Waals surface area contributed by atoms with Crippen molar-refractivity contribution in [1.82, 2.24) is 20.3 Å². The van der Waals surface area contributed by atoms with Crippen molar-refractivity contribution in [3.63, 3.8) is 0 Å². The molecule has 2 aliphatic rings. The van der Waals surface area contributed by atoms with Crippen molar-refractivity contribution >= 4 is 29.9 Å². The van der Waals surface area contributed by atoms with Gasteiger partial charge in [-0.25, -0.2) is 4.99 Å². The molecule has 164 valence electrons. The van der Waals surface area contributed by atoms with E-state index in [2.05, 4.69) is 33.3 Å². The van der Waals surface area contributed by atoms with Gasteiger partial charge in [0.05, 0.1) is 12.2 Å². The lowest BCUT2D eigenvalue weighted by Crippen LogP contribution is -2.52. The number of fused-ring (bicyclic) bond motifs is 1. The molecule has 7 nitrogen and oxygen atoms in total. The molecule has 1 saturated heterocycles. The van der Waals surface area contributed by atoms with Gasteiger partial charge in [0.1, 0.15) is 12.0 Å². The molecule has 1 aromatic carbocycles. The van der Waals surface area contributed by atoms with E-state index in [1.807, 2.05) is 12.1 Å². The highest BCUT2D eigenvalue weighted by Crippen LogP contribution is 2.31. The fourth-order valence-electron chi connectivity index (χ4n) is 4.31. The minimum Gasteiger partial charge on any atom is -0.508 e. The van der Waals surface area contributed by atoms with E-state index < -0.39 is 0 Å². The van der Waals surface area contributed by atoms with Crippen LogP contribution in [-0.2, 0) is 25.9 Å². The van der Waals surface area contributed by atoms with Crippen LogP contribution in [0.3, 0.4) is 0 Å². The molecule has 0 atom stereocenters. The Balaban J connectivity index is 0.00000256. The molecular weight excluding hydrogens is 493 g/mol. The lowest BCUT2D eigenvalue weighted by atomic mass is 9.88. The molecular formula is C22H32IN5O2. The van der Waals surface area contributed by atoms with E-state index in [1.54, 1.807) is 6.26 Å². The van der Waals surface area contributed by atoms with Gasteiger partial charge in [-0.1, -0.05) is 11.2 Å². The predicted octanol–water partition coefficient (Wildman–Crippen LogP) is 3.16. The molecule has 0 radical (unpaired) electrons. The number of piperazine rings is 1. The molecule has 0 unspecified atom stereocenters. The Morgan fingerprint density at radius 3 is 2.70 bits per heavy atom. The molecule has 30 heavy (non-hydrogen) atoms. The largest absolute Gasteiger partial charge is 0.508 e. The van der Waals surface area contributed by atoms with Gasteiger partial charge in [0.15, 0.2) is 5.96 Å². The van der Waals surface area contributed by atoms with Crippen LogP contribution in [0.1, 0.15) is 42.1 Å². The summed E-state index contributed by atoms with van der Waals surface area (Å²) in [5, 5.41) is 17.9. The van der Waals surface area contributed by atoms with Gasteiger partial charge in [-0.3, -0.25) is 4.90 Å². The molecule has 0 bridgehead atoms. The van der Waals surface area contributed by atoms with Crippen LogP contribution in [0.25, 0.3) is 0 Å². The molecule has 2 aromatic rings. The van der Waals surface area contributed by atoms with Crippen LogP contribution in [0.15, 0.2) is 34.0 Å². The van der Waals surface area contributed by atoms with Crippen molar-refractivity contribution in [3.8, 4) is 5.75 Å². The Bertz CT molecular complexity index is 832. The summed E-state index contributed by atoms with van der Waals surface area (Å²) in [5.74, 6) is 1.31. The highest BCUT2D eigenvalue weighted by molar-refractivity contribution is 14.0. The Labute approximate surface area is 195 Å². The first-order valence-corrected chi connectivity index (χ1v) is 10.7. The lowest BCUT2D eigenvalue weighted by Gasteiger charge is -2.36. The van der Waals surface area contributed by atoms with E-state index in [-0.39, 0.29) is 24.0 Å². The van der Waals surface area contributed by atoms with Gasteiger partial charge in [0.25, 0.3) is 0 Å². The number of aliphatic imine (C=N–C) groups is 1. The van der Waals surface area contributed by atoms with Crippen LogP contribution in [0.5, 0.6) is 5.75 Å². The minimum atomic E-state index is 0. The SMILES string of the molecule is CCNC(=NCc1c(O)ccc2c1CCCC2)N1CCN(Cc2ccon2)CC1.I. The van der Waals surface area contributed by atoms with E-state index >= 15 is 0 Å². The number of hydrogen-bond donors (Lipinski definition) is 2. The molecule has 1 aliphatic carbocycles.